The smallest absolute Gasteiger partial charge is 0.324 e. The van der Waals surface area contributed by atoms with Crippen LogP contribution in [0, 0.1) is 11.3 Å². The Bertz CT molecular complexity index is 2390. The number of carbonyl (C=O) groups excluding carboxylic acids is 4. The van der Waals surface area contributed by atoms with E-state index in [2.05, 4.69) is 59.6 Å². The Morgan fingerprint density at radius 1 is 1.09 bits per heavy atom. The van der Waals surface area contributed by atoms with Crippen molar-refractivity contribution in [1.29, 1.82) is 0 Å². The van der Waals surface area contributed by atoms with Crippen molar-refractivity contribution >= 4 is 34.6 Å². The zero-order valence-electron chi connectivity index (χ0n) is 38.4. The molecule has 3 aliphatic rings. The summed E-state index contributed by atoms with van der Waals surface area (Å²) in [6, 6.07) is 12.2. The zero-order valence-corrected chi connectivity index (χ0v) is 38.4. The lowest BCUT2D eigenvalue weighted by Crippen LogP contribution is -2.63. The Labute approximate surface area is 375 Å². The molecule has 15 heteroatoms. The van der Waals surface area contributed by atoms with Crippen molar-refractivity contribution in [1.82, 2.24) is 35.5 Å². The van der Waals surface area contributed by atoms with Gasteiger partial charge in [0.1, 0.15) is 23.9 Å². The molecule has 4 aromatic rings. The summed E-state index contributed by atoms with van der Waals surface area (Å²) < 4.78 is 30.2. The van der Waals surface area contributed by atoms with Crippen molar-refractivity contribution in [3.8, 4) is 28.1 Å². The summed E-state index contributed by atoms with van der Waals surface area (Å²) in [5, 5.41) is 19.6. The van der Waals surface area contributed by atoms with Gasteiger partial charge in [-0.3, -0.25) is 29.2 Å². The number of alkyl halides is 1. The number of pyridine rings is 1. The van der Waals surface area contributed by atoms with Crippen LogP contribution in [0.15, 0.2) is 54.7 Å². The van der Waals surface area contributed by atoms with Gasteiger partial charge in [0, 0.05) is 74.6 Å². The number of halogens is 1. The van der Waals surface area contributed by atoms with Gasteiger partial charge >= 0.3 is 5.97 Å². The molecule has 6 bridgehead atoms. The Hall–Kier alpha value is -5.38. The second-order valence-corrected chi connectivity index (χ2v) is 18.9. The van der Waals surface area contributed by atoms with Crippen LogP contribution in [0.25, 0.3) is 33.3 Å². The van der Waals surface area contributed by atoms with E-state index < -0.39 is 58.8 Å². The van der Waals surface area contributed by atoms with Gasteiger partial charge in [-0.25, -0.2) is 9.82 Å². The lowest BCUT2D eigenvalue weighted by molar-refractivity contribution is -0.155. The molecule has 0 saturated carbocycles. The molecule has 2 aromatic heterocycles. The molecular weight excluding hydrogens is 818 g/mol. The minimum absolute atomic E-state index is 0.00970. The van der Waals surface area contributed by atoms with Crippen LogP contribution in [0.2, 0.25) is 0 Å². The Morgan fingerprint density at radius 3 is 2.55 bits per heavy atom. The third kappa shape index (κ3) is 9.52. The number of hydrogen-bond donors (Lipinski definition) is 4. The van der Waals surface area contributed by atoms with Crippen LogP contribution in [-0.4, -0.2) is 112 Å². The number of piperidine rings is 1. The molecule has 2 fully saturated rings. The van der Waals surface area contributed by atoms with Crippen LogP contribution in [0.3, 0.4) is 0 Å². The number of hydrazine groups is 1. The number of aromatic hydroxyl groups is 1. The second-order valence-electron chi connectivity index (χ2n) is 18.9. The van der Waals surface area contributed by atoms with E-state index in [9.17, 15) is 24.3 Å². The quantitative estimate of drug-likeness (QED) is 0.146. The van der Waals surface area contributed by atoms with Crippen LogP contribution < -0.4 is 16.1 Å². The van der Waals surface area contributed by atoms with Crippen molar-refractivity contribution in [3.63, 3.8) is 0 Å². The molecular formula is C49H64FN7O7. The van der Waals surface area contributed by atoms with E-state index in [1.807, 2.05) is 25.1 Å². The van der Waals surface area contributed by atoms with E-state index in [1.54, 1.807) is 39.3 Å². The number of rotatable bonds is 9. The standard InChI is InChI=1S/C49H64FN7O7/c1-9-56-40-15-14-32-26-36(40)37(43(56)35-12-10-18-52-41(35)30(4)63-8)27-48(5,6)28-64-46(61)38-13-11-21-57(54-38)45(60)39(24-31-22-33(32)25-34(58)23-31)53-44(59)42(29(2)3)55(7)47(62)49(50)16-19-51-20-17-49/h10,12,14-15,18,22-23,25-26,29-30,38-39,42,51,54,58H,9,11,13,16-17,19-21,24,27-28H2,1-8H3,(H,53,59)/t30-,38-,39-,42-/m0/s1. The fourth-order valence-electron chi connectivity index (χ4n) is 9.73. The number of esters is 1. The van der Waals surface area contributed by atoms with Crippen LogP contribution in [0.4, 0.5) is 4.39 Å². The molecule has 0 unspecified atom stereocenters. The summed E-state index contributed by atoms with van der Waals surface area (Å²) >= 11 is 0. The third-order valence-electron chi connectivity index (χ3n) is 13.1. The lowest BCUT2D eigenvalue weighted by atomic mass is 9.84. The molecule has 7 rings (SSSR count). The predicted octanol–water partition coefficient (Wildman–Crippen LogP) is 6.03. The van der Waals surface area contributed by atoms with Gasteiger partial charge in [0.15, 0.2) is 5.67 Å². The number of nitrogens with zero attached hydrogens (tertiary/aromatic N) is 4. The minimum atomic E-state index is -2.12. The van der Waals surface area contributed by atoms with Crippen LogP contribution in [-0.2, 0) is 48.0 Å². The van der Waals surface area contributed by atoms with Crippen molar-refractivity contribution in [2.75, 3.05) is 40.4 Å². The van der Waals surface area contributed by atoms with Gasteiger partial charge in [0.05, 0.1) is 24.1 Å². The number of ether oxygens (including phenoxy) is 2. The average molecular weight is 882 g/mol. The maximum atomic E-state index is 16.0. The van der Waals surface area contributed by atoms with Gasteiger partial charge < -0.3 is 34.7 Å². The number of aromatic nitrogens is 2. The number of likely N-dealkylation sites (N-methyl/N-ethyl adjacent to an activating group) is 1. The third-order valence-corrected chi connectivity index (χ3v) is 13.1. The molecule has 0 aliphatic carbocycles. The van der Waals surface area contributed by atoms with Crippen molar-refractivity contribution in [3.05, 3.63) is 71.5 Å². The van der Waals surface area contributed by atoms with E-state index >= 15 is 4.39 Å². The molecule has 64 heavy (non-hydrogen) atoms. The number of carbonyl (C=O) groups is 4. The van der Waals surface area contributed by atoms with Crippen molar-refractivity contribution in [2.24, 2.45) is 11.3 Å². The molecule has 0 spiro atoms. The fourth-order valence-corrected chi connectivity index (χ4v) is 9.73. The summed E-state index contributed by atoms with van der Waals surface area (Å²) in [5.41, 5.74) is 7.30. The molecule has 5 heterocycles. The van der Waals surface area contributed by atoms with E-state index in [0.717, 1.165) is 39.0 Å². The molecule has 4 N–H and O–H groups in total. The van der Waals surface area contributed by atoms with Gasteiger partial charge in [0.2, 0.25) is 5.91 Å². The maximum Gasteiger partial charge on any atom is 0.324 e. The van der Waals surface area contributed by atoms with Gasteiger partial charge in [-0.2, -0.15) is 0 Å². The van der Waals surface area contributed by atoms with Gasteiger partial charge in [-0.05, 0) is 111 Å². The van der Waals surface area contributed by atoms with E-state index in [1.165, 1.54) is 17.0 Å². The molecule has 3 amide bonds. The topological polar surface area (TPSA) is 167 Å². The predicted molar refractivity (Wildman–Crippen MR) is 243 cm³/mol. The highest BCUT2D eigenvalue weighted by Crippen LogP contribution is 2.42. The highest BCUT2D eigenvalue weighted by Gasteiger charge is 2.45. The van der Waals surface area contributed by atoms with Crippen LogP contribution in [0.5, 0.6) is 5.75 Å². The number of hydrogen-bond acceptors (Lipinski definition) is 10. The number of fused-ring (bicyclic) bond motifs is 6. The fraction of sp³-hybridized carbons (Fsp3) is 0.531. The maximum absolute atomic E-state index is 16.0. The summed E-state index contributed by atoms with van der Waals surface area (Å²) in [5.74, 6) is -2.86. The Kier molecular flexibility index (Phi) is 13.8. The molecule has 0 radical (unpaired) electrons. The number of methoxy groups -OCH3 is 1. The molecule has 344 valence electrons. The van der Waals surface area contributed by atoms with Gasteiger partial charge in [-0.15, -0.1) is 0 Å². The number of cyclic esters (lactones) is 1. The van der Waals surface area contributed by atoms with Gasteiger partial charge in [0.25, 0.3) is 11.8 Å². The number of benzene rings is 2. The number of aryl methyl sites for hydroxylation is 1. The number of amides is 3. The monoisotopic (exact) mass is 881 g/mol. The largest absolute Gasteiger partial charge is 0.508 e. The summed E-state index contributed by atoms with van der Waals surface area (Å²) in [7, 11) is 3.10. The van der Waals surface area contributed by atoms with E-state index in [0.29, 0.717) is 50.0 Å². The number of nitrogens with one attached hydrogen (secondary N) is 3. The van der Waals surface area contributed by atoms with Crippen molar-refractivity contribution < 1.29 is 38.1 Å². The van der Waals surface area contributed by atoms with E-state index in [4.69, 9.17) is 14.5 Å². The normalized spacial score (nSPS) is 21.2. The second kappa shape index (κ2) is 19.0. The van der Waals surface area contributed by atoms with Crippen LogP contribution in [0.1, 0.15) is 90.2 Å². The highest BCUT2D eigenvalue weighted by atomic mass is 19.1. The molecule has 2 aromatic carbocycles. The van der Waals surface area contributed by atoms with Gasteiger partial charge in [-0.1, -0.05) is 39.8 Å². The zero-order chi connectivity index (χ0) is 46.1. The Balaban J connectivity index is 1.34. The van der Waals surface area contributed by atoms with E-state index in [-0.39, 0.29) is 44.3 Å². The van der Waals surface area contributed by atoms with Crippen LogP contribution >= 0.6 is 0 Å². The number of phenols is 1. The first kappa shape index (κ1) is 46.6. The lowest BCUT2D eigenvalue weighted by Gasteiger charge is -2.38. The molecule has 2 saturated heterocycles. The first-order chi connectivity index (χ1) is 30.4. The summed E-state index contributed by atoms with van der Waals surface area (Å²) in [6.07, 6.45) is 2.88. The summed E-state index contributed by atoms with van der Waals surface area (Å²) in [6.45, 7) is 13.5. The Morgan fingerprint density at radius 2 is 1.84 bits per heavy atom. The number of phenolic OH excluding ortho intramolecular Hbond substituents is 1. The first-order valence-electron chi connectivity index (χ1n) is 22.6. The van der Waals surface area contributed by atoms with Crippen molar-refractivity contribution in [2.45, 2.75) is 117 Å². The minimum Gasteiger partial charge on any atom is -0.508 e. The molecule has 4 atom stereocenters. The molecule has 14 nitrogen and oxygen atoms in total. The summed E-state index contributed by atoms with van der Waals surface area (Å²) in [4.78, 5) is 62.6. The first-order valence-corrected chi connectivity index (χ1v) is 22.6. The SMILES string of the molecule is CCn1c(-c2cccnc2[C@H](C)OC)c2c3cc(ccc31)-c1cc(O)cc(c1)C[C@H](NC(=O)[C@H](C(C)C)N(C)C(=O)C1(F)CCNCC1)C(=O)N1CCC[C@H](N1)C(=O)OCC(C)(C)C2. The highest BCUT2D eigenvalue weighted by molar-refractivity contribution is 5.96. The molecule has 3 aliphatic heterocycles. The average Bonchev–Trinajstić information content (AvgIpc) is 3.58.